The number of anilines is 1. The maximum atomic E-state index is 10.7. The molecule has 6 nitrogen and oxygen atoms in total. The highest BCUT2D eigenvalue weighted by Crippen LogP contribution is 2.07. The number of aliphatic carboxylic acids is 1. The van der Waals surface area contributed by atoms with Crippen molar-refractivity contribution in [3.8, 4) is 0 Å². The Labute approximate surface area is 93.6 Å². The van der Waals surface area contributed by atoms with Gasteiger partial charge in [-0.15, -0.1) is 11.7 Å². The van der Waals surface area contributed by atoms with Crippen LogP contribution in [0.15, 0.2) is 12.7 Å². The molecule has 86 valence electrons. The predicted octanol–water partition coefficient (Wildman–Crippen LogP) is 0.565. The molecule has 1 aromatic rings. The zero-order valence-electron chi connectivity index (χ0n) is 9.34. The number of carboxylic acid groups (broad SMARTS) is 1. The minimum Gasteiger partial charge on any atom is -0.480 e. The number of hydrogen-bond acceptors (Lipinski definition) is 5. The predicted molar refractivity (Wildman–Crippen MR) is 59.3 cm³/mol. The molecule has 1 N–H and O–H groups in total. The van der Waals surface area contributed by atoms with Crippen molar-refractivity contribution in [2.24, 2.45) is 0 Å². The van der Waals surface area contributed by atoms with Crippen molar-refractivity contribution >= 4 is 11.9 Å². The van der Waals surface area contributed by atoms with E-state index in [2.05, 4.69) is 21.8 Å². The molecule has 6 heteroatoms. The lowest BCUT2D eigenvalue weighted by Gasteiger charge is -2.18. The van der Waals surface area contributed by atoms with Crippen LogP contribution < -0.4 is 4.90 Å². The zero-order chi connectivity index (χ0) is 12.1. The first-order valence-corrected chi connectivity index (χ1v) is 4.80. The summed E-state index contributed by atoms with van der Waals surface area (Å²) in [5.41, 5.74) is 1.47. The lowest BCUT2D eigenvalue weighted by molar-refractivity contribution is -0.135. The van der Waals surface area contributed by atoms with Crippen LogP contribution in [0.5, 0.6) is 0 Å². The van der Waals surface area contributed by atoms with E-state index >= 15 is 0 Å². The Balaban J connectivity index is 2.95. The first-order chi connectivity index (χ1) is 7.54. The average molecular weight is 222 g/mol. The van der Waals surface area contributed by atoms with Gasteiger partial charge in [-0.1, -0.05) is 6.08 Å². The topological polar surface area (TPSA) is 79.2 Å². The summed E-state index contributed by atoms with van der Waals surface area (Å²) < 4.78 is 0. The third kappa shape index (κ3) is 3.01. The van der Waals surface area contributed by atoms with Gasteiger partial charge < -0.3 is 10.0 Å². The van der Waals surface area contributed by atoms with E-state index in [-0.39, 0.29) is 6.54 Å². The summed E-state index contributed by atoms with van der Waals surface area (Å²) in [5, 5.41) is 16.5. The van der Waals surface area contributed by atoms with Crippen LogP contribution in [0.25, 0.3) is 0 Å². The van der Waals surface area contributed by atoms with Crippen molar-refractivity contribution in [3.05, 3.63) is 24.0 Å². The molecule has 0 unspecified atom stereocenters. The van der Waals surface area contributed by atoms with Crippen LogP contribution in [-0.4, -0.2) is 39.3 Å². The Morgan fingerprint density at radius 3 is 2.62 bits per heavy atom. The molecule has 0 aromatic carbocycles. The molecule has 0 saturated heterocycles. The van der Waals surface area contributed by atoms with Gasteiger partial charge in [0.25, 0.3) is 0 Å². The van der Waals surface area contributed by atoms with E-state index in [1.165, 1.54) is 4.90 Å². The van der Waals surface area contributed by atoms with Crippen LogP contribution in [-0.2, 0) is 4.79 Å². The van der Waals surface area contributed by atoms with E-state index in [1.807, 2.05) is 0 Å². The molecular formula is C10H14N4O2. The maximum Gasteiger partial charge on any atom is 0.323 e. The molecule has 1 heterocycles. The summed E-state index contributed by atoms with van der Waals surface area (Å²) in [6.45, 7) is 7.37. The Morgan fingerprint density at radius 2 is 2.12 bits per heavy atom. The van der Waals surface area contributed by atoms with Gasteiger partial charge in [-0.25, -0.2) is 4.98 Å². The molecule has 0 atom stereocenters. The highest BCUT2D eigenvalue weighted by Gasteiger charge is 2.13. The van der Waals surface area contributed by atoms with Gasteiger partial charge in [-0.05, 0) is 13.8 Å². The molecule has 0 aliphatic carbocycles. The number of hydrogen-bond donors (Lipinski definition) is 1. The fourth-order valence-corrected chi connectivity index (χ4v) is 1.12. The highest BCUT2D eigenvalue weighted by molar-refractivity contribution is 5.72. The summed E-state index contributed by atoms with van der Waals surface area (Å²) in [4.78, 5) is 16.3. The summed E-state index contributed by atoms with van der Waals surface area (Å²) >= 11 is 0. The van der Waals surface area contributed by atoms with Gasteiger partial charge in [0.2, 0.25) is 5.95 Å². The number of rotatable bonds is 5. The van der Waals surface area contributed by atoms with Crippen LogP contribution in [0.2, 0.25) is 0 Å². The molecule has 1 rings (SSSR count). The molecule has 1 aromatic heterocycles. The minimum atomic E-state index is -0.941. The van der Waals surface area contributed by atoms with E-state index in [1.54, 1.807) is 19.9 Å². The van der Waals surface area contributed by atoms with Gasteiger partial charge >= 0.3 is 5.97 Å². The van der Waals surface area contributed by atoms with Gasteiger partial charge in [-0.3, -0.25) is 4.79 Å². The largest absolute Gasteiger partial charge is 0.480 e. The first kappa shape index (κ1) is 12.1. The van der Waals surface area contributed by atoms with Gasteiger partial charge in [0.1, 0.15) is 6.54 Å². The maximum absolute atomic E-state index is 10.7. The molecule has 16 heavy (non-hydrogen) atoms. The number of aryl methyl sites for hydroxylation is 2. The van der Waals surface area contributed by atoms with E-state index in [4.69, 9.17) is 5.11 Å². The van der Waals surface area contributed by atoms with Crippen molar-refractivity contribution in [1.29, 1.82) is 0 Å². The first-order valence-electron chi connectivity index (χ1n) is 4.80. The van der Waals surface area contributed by atoms with E-state index in [9.17, 15) is 4.79 Å². The minimum absolute atomic E-state index is 0.170. The second-order valence-electron chi connectivity index (χ2n) is 3.35. The Morgan fingerprint density at radius 1 is 1.44 bits per heavy atom. The lowest BCUT2D eigenvalue weighted by Crippen LogP contribution is -2.31. The lowest BCUT2D eigenvalue weighted by atomic mass is 10.4. The zero-order valence-corrected chi connectivity index (χ0v) is 9.34. The van der Waals surface area contributed by atoms with Crippen molar-refractivity contribution in [1.82, 2.24) is 15.2 Å². The summed E-state index contributed by atoms with van der Waals surface area (Å²) in [7, 11) is 0. The second-order valence-corrected chi connectivity index (χ2v) is 3.35. The summed E-state index contributed by atoms with van der Waals surface area (Å²) in [5.74, 6) is -0.630. The molecule has 0 bridgehead atoms. The third-order valence-corrected chi connectivity index (χ3v) is 2.04. The number of carboxylic acids is 1. The van der Waals surface area contributed by atoms with Crippen molar-refractivity contribution in [2.75, 3.05) is 18.0 Å². The Bertz CT molecular complexity index is 406. The van der Waals surface area contributed by atoms with Gasteiger partial charge in [0.05, 0.1) is 11.4 Å². The molecule has 0 aliphatic rings. The molecule has 0 spiro atoms. The highest BCUT2D eigenvalue weighted by atomic mass is 16.4. The fourth-order valence-electron chi connectivity index (χ4n) is 1.12. The van der Waals surface area contributed by atoms with Gasteiger partial charge in [-0.2, -0.15) is 5.10 Å². The third-order valence-electron chi connectivity index (χ3n) is 2.04. The standard InChI is InChI=1S/C10H14N4O2/c1-4-5-14(6-9(15)16)10-11-7(2)8(3)12-13-10/h4H,1,5-6H2,2-3H3,(H,15,16). The summed E-state index contributed by atoms with van der Waals surface area (Å²) in [6, 6.07) is 0. The quantitative estimate of drug-likeness (QED) is 0.733. The molecule has 0 amide bonds. The van der Waals surface area contributed by atoms with E-state index in [0.29, 0.717) is 12.5 Å². The fraction of sp³-hybridized carbons (Fsp3) is 0.400. The number of carbonyl (C=O) groups is 1. The van der Waals surface area contributed by atoms with Crippen molar-refractivity contribution in [3.63, 3.8) is 0 Å². The smallest absolute Gasteiger partial charge is 0.323 e. The second kappa shape index (κ2) is 5.20. The van der Waals surface area contributed by atoms with Crippen LogP contribution in [0.3, 0.4) is 0 Å². The normalized spacial score (nSPS) is 9.88. The van der Waals surface area contributed by atoms with Crippen LogP contribution in [0.4, 0.5) is 5.95 Å². The Kier molecular flexibility index (Phi) is 3.93. The van der Waals surface area contributed by atoms with E-state index < -0.39 is 5.97 Å². The Hall–Kier alpha value is -1.98. The van der Waals surface area contributed by atoms with Crippen molar-refractivity contribution in [2.45, 2.75) is 13.8 Å². The number of aromatic nitrogens is 3. The monoisotopic (exact) mass is 222 g/mol. The van der Waals surface area contributed by atoms with Crippen LogP contribution in [0, 0.1) is 13.8 Å². The summed E-state index contributed by atoms with van der Waals surface area (Å²) in [6.07, 6.45) is 1.60. The molecule has 0 radical (unpaired) electrons. The molecule has 0 saturated carbocycles. The van der Waals surface area contributed by atoms with Crippen LogP contribution >= 0.6 is 0 Å². The van der Waals surface area contributed by atoms with Gasteiger partial charge in [0.15, 0.2) is 0 Å². The van der Waals surface area contributed by atoms with Gasteiger partial charge in [0, 0.05) is 6.54 Å². The molecule has 0 fully saturated rings. The number of nitrogens with zero attached hydrogens (tertiary/aromatic N) is 4. The van der Waals surface area contributed by atoms with E-state index in [0.717, 1.165) is 11.4 Å². The molecule has 0 aliphatic heterocycles. The average Bonchev–Trinajstić information content (AvgIpc) is 2.21. The SMILES string of the molecule is C=CCN(CC(=O)O)c1nnc(C)c(C)n1. The van der Waals surface area contributed by atoms with Crippen molar-refractivity contribution < 1.29 is 9.90 Å². The van der Waals surface area contributed by atoms with Crippen LogP contribution in [0.1, 0.15) is 11.4 Å². The molecular weight excluding hydrogens is 208 g/mol.